The molecule has 0 saturated heterocycles. The van der Waals surface area contributed by atoms with E-state index in [4.69, 9.17) is 5.26 Å². The number of nitrogens with zero attached hydrogens (tertiary/aromatic N) is 3. The van der Waals surface area contributed by atoms with E-state index in [1.807, 2.05) is 41.8 Å². The molecule has 0 radical (unpaired) electrons. The minimum Gasteiger partial charge on any atom is -0.303 e. The third-order valence-electron chi connectivity index (χ3n) is 3.72. The Hall–Kier alpha value is -2.86. The number of imidazole rings is 1. The van der Waals surface area contributed by atoms with E-state index in [0.717, 1.165) is 23.5 Å². The first-order valence-corrected chi connectivity index (χ1v) is 7.33. The zero-order chi connectivity index (χ0) is 15.4. The maximum atomic E-state index is 8.96. The van der Waals surface area contributed by atoms with Crippen LogP contribution in [0.15, 0.2) is 54.7 Å². The van der Waals surface area contributed by atoms with Gasteiger partial charge in [0.05, 0.1) is 23.9 Å². The fraction of sp³-hybridized carbons (Fsp3) is 0.158. The molecule has 2 aromatic heterocycles. The first-order chi connectivity index (χ1) is 10.8. The number of benzene rings is 1. The number of fused-ring (bicyclic) bond motifs is 1. The van der Waals surface area contributed by atoms with Gasteiger partial charge in [-0.2, -0.15) is 5.26 Å². The average Bonchev–Trinajstić information content (AvgIpc) is 2.86. The molecular weight excluding hydrogens is 270 g/mol. The molecule has 0 atom stereocenters. The van der Waals surface area contributed by atoms with E-state index in [1.54, 1.807) is 0 Å². The van der Waals surface area contributed by atoms with Gasteiger partial charge in [-0.3, -0.25) is 0 Å². The molecule has 0 aliphatic carbocycles. The molecule has 2 heterocycles. The van der Waals surface area contributed by atoms with Crippen molar-refractivity contribution < 1.29 is 0 Å². The first kappa shape index (κ1) is 14.1. The zero-order valence-corrected chi connectivity index (χ0v) is 12.5. The highest BCUT2D eigenvalue weighted by Crippen LogP contribution is 2.17. The van der Waals surface area contributed by atoms with Crippen molar-refractivity contribution in [1.29, 1.82) is 5.26 Å². The van der Waals surface area contributed by atoms with Crippen LogP contribution >= 0.6 is 0 Å². The van der Waals surface area contributed by atoms with Crippen molar-refractivity contribution >= 4 is 11.7 Å². The Balaban J connectivity index is 1.90. The van der Waals surface area contributed by atoms with Crippen LogP contribution in [0, 0.1) is 18.3 Å². The number of pyridine rings is 1. The van der Waals surface area contributed by atoms with Gasteiger partial charge in [0.15, 0.2) is 0 Å². The van der Waals surface area contributed by atoms with Crippen LogP contribution in [0.5, 0.6) is 0 Å². The molecule has 3 aromatic rings. The minimum atomic E-state index is 0.385. The fourth-order valence-electron chi connectivity index (χ4n) is 2.62. The van der Waals surface area contributed by atoms with Gasteiger partial charge in [-0.15, -0.1) is 0 Å². The molecule has 3 heteroatoms. The maximum Gasteiger partial charge on any atom is 0.140 e. The summed E-state index contributed by atoms with van der Waals surface area (Å²) >= 11 is 0. The number of rotatable bonds is 4. The molecule has 0 unspecified atom stereocenters. The lowest BCUT2D eigenvalue weighted by molar-refractivity contribution is 1.03. The third kappa shape index (κ3) is 2.77. The lowest BCUT2D eigenvalue weighted by Gasteiger charge is -2.02. The second-order valence-electron chi connectivity index (χ2n) is 5.22. The van der Waals surface area contributed by atoms with Crippen LogP contribution in [0.3, 0.4) is 0 Å². The summed E-state index contributed by atoms with van der Waals surface area (Å²) in [5.74, 6) is 0. The number of hydrogen-bond acceptors (Lipinski definition) is 2. The summed E-state index contributed by atoms with van der Waals surface area (Å²) < 4.78 is 2.03. The van der Waals surface area contributed by atoms with Crippen molar-refractivity contribution in [2.45, 2.75) is 19.8 Å². The number of nitriles is 1. The molecule has 0 spiro atoms. The van der Waals surface area contributed by atoms with Crippen molar-refractivity contribution in [3.05, 3.63) is 77.3 Å². The van der Waals surface area contributed by atoms with Crippen LogP contribution in [0.25, 0.3) is 11.7 Å². The molecule has 0 amide bonds. The molecule has 0 saturated carbocycles. The topological polar surface area (TPSA) is 41.1 Å². The van der Waals surface area contributed by atoms with Gasteiger partial charge in [-0.25, -0.2) is 4.98 Å². The van der Waals surface area contributed by atoms with Gasteiger partial charge in [0, 0.05) is 6.20 Å². The molecule has 0 fully saturated rings. The van der Waals surface area contributed by atoms with E-state index >= 15 is 0 Å². The predicted octanol–water partition coefficient (Wildman–Crippen LogP) is 3.96. The largest absolute Gasteiger partial charge is 0.303 e. The van der Waals surface area contributed by atoms with Crippen LogP contribution < -0.4 is 0 Å². The van der Waals surface area contributed by atoms with Crippen LogP contribution in [0.1, 0.15) is 22.5 Å². The van der Waals surface area contributed by atoms with E-state index in [0.29, 0.717) is 6.42 Å². The number of aryl methyl sites for hydroxylation is 1. The third-order valence-corrected chi connectivity index (χ3v) is 3.72. The molecule has 0 aliphatic heterocycles. The van der Waals surface area contributed by atoms with Crippen molar-refractivity contribution in [2.75, 3.05) is 0 Å². The molecule has 0 bridgehead atoms. The Bertz CT molecular complexity index is 852. The van der Waals surface area contributed by atoms with Crippen molar-refractivity contribution in [3.8, 4) is 6.07 Å². The molecule has 1 aromatic carbocycles. The van der Waals surface area contributed by atoms with Gasteiger partial charge >= 0.3 is 0 Å². The lowest BCUT2D eigenvalue weighted by atomic mass is 10.1. The highest BCUT2D eigenvalue weighted by molar-refractivity contribution is 5.55. The van der Waals surface area contributed by atoms with E-state index in [-0.39, 0.29) is 0 Å². The van der Waals surface area contributed by atoms with E-state index < -0.39 is 0 Å². The highest BCUT2D eigenvalue weighted by atomic mass is 15.0. The molecule has 0 aliphatic rings. The Kier molecular flexibility index (Phi) is 4.02. The van der Waals surface area contributed by atoms with Crippen molar-refractivity contribution in [1.82, 2.24) is 9.38 Å². The van der Waals surface area contributed by atoms with E-state index in [1.165, 1.54) is 11.1 Å². The molecule has 108 valence electrons. The fourth-order valence-corrected chi connectivity index (χ4v) is 2.62. The minimum absolute atomic E-state index is 0.385. The number of hydrogen-bond donors (Lipinski definition) is 0. The molecular formula is C19H17N3. The second-order valence-corrected chi connectivity index (χ2v) is 5.22. The van der Waals surface area contributed by atoms with Crippen molar-refractivity contribution in [2.24, 2.45) is 0 Å². The normalized spacial score (nSPS) is 11.1. The summed E-state index contributed by atoms with van der Waals surface area (Å²) in [6, 6.07) is 16.6. The summed E-state index contributed by atoms with van der Waals surface area (Å²) in [4.78, 5) is 4.64. The van der Waals surface area contributed by atoms with Crippen LogP contribution in [0.4, 0.5) is 0 Å². The van der Waals surface area contributed by atoms with E-state index in [9.17, 15) is 0 Å². The summed E-state index contributed by atoms with van der Waals surface area (Å²) in [5, 5.41) is 8.96. The smallest absolute Gasteiger partial charge is 0.140 e. The number of aromatic nitrogens is 2. The monoisotopic (exact) mass is 287 g/mol. The average molecular weight is 287 g/mol. The summed E-state index contributed by atoms with van der Waals surface area (Å²) in [7, 11) is 0. The quantitative estimate of drug-likeness (QED) is 0.728. The summed E-state index contributed by atoms with van der Waals surface area (Å²) in [6.45, 7) is 1.96. The molecule has 3 nitrogen and oxygen atoms in total. The van der Waals surface area contributed by atoms with Gasteiger partial charge in [-0.05, 0) is 30.5 Å². The SMILES string of the molecule is Cc1nc2c(C/C=C\c3ccccc3)cccn2c1CC#N. The Labute approximate surface area is 130 Å². The summed E-state index contributed by atoms with van der Waals surface area (Å²) in [5.41, 5.74) is 5.22. The van der Waals surface area contributed by atoms with Gasteiger partial charge in [0.25, 0.3) is 0 Å². The van der Waals surface area contributed by atoms with Gasteiger partial charge < -0.3 is 4.40 Å². The van der Waals surface area contributed by atoms with Gasteiger partial charge in [-0.1, -0.05) is 48.6 Å². The summed E-state index contributed by atoms with van der Waals surface area (Å²) in [6.07, 6.45) is 7.46. The Morgan fingerprint density at radius 1 is 1.18 bits per heavy atom. The first-order valence-electron chi connectivity index (χ1n) is 7.33. The van der Waals surface area contributed by atoms with E-state index in [2.05, 4.69) is 41.4 Å². The van der Waals surface area contributed by atoms with Crippen LogP contribution in [-0.4, -0.2) is 9.38 Å². The Morgan fingerprint density at radius 3 is 2.77 bits per heavy atom. The van der Waals surface area contributed by atoms with Crippen molar-refractivity contribution in [3.63, 3.8) is 0 Å². The predicted molar refractivity (Wildman–Crippen MR) is 88.4 cm³/mol. The standard InChI is InChI=1S/C19H17N3/c1-15-18(12-13-20)22-14-6-11-17(19(22)21-15)10-5-9-16-7-3-2-4-8-16/h2-9,11,14H,10,12H2,1H3/b9-5-. The van der Waals surface area contributed by atoms with Gasteiger partial charge in [0.1, 0.15) is 5.65 Å². The highest BCUT2D eigenvalue weighted by Gasteiger charge is 2.10. The maximum absolute atomic E-state index is 8.96. The second kappa shape index (κ2) is 6.28. The molecule has 3 rings (SSSR count). The zero-order valence-electron chi connectivity index (χ0n) is 12.5. The van der Waals surface area contributed by atoms with Crippen LogP contribution in [0.2, 0.25) is 0 Å². The molecule has 22 heavy (non-hydrogen) atoms. The Morgan fingerprint density at radius 2 is 2.00 bits per heavy atom. The lowest BCUT2D eigenvalue weighted by Crippen LogP contribution is -1.95. The van der Waals surface area contributed by atoms with Gasteiger partial charge in [0.2, 0.25) is 0 Å². The van der Waals surface area contributed by atoms with Crippen LogP contribution in [-0.2, 0) is 12.8 Å². The number of allylic oxidation sites excluding steroid dienone is 1. The molecule has 0 N–H and O–H groups in total.